The lowest BCUT2D eigenvalue weighted by molar-refractivity contribution is -0.140. The summed E-state index contributed by atoms with van der Waals surface area (Å²) in [6.45, 7) is 1.06. The number of amides is 4. The second kappa shape index (κ2) is 11.6. The van der Waals surface area contributed by atoms with Gasteiger partial charge in [-0.05, 0) is 75.8 Å². The number of anilines is 1. The van der Waals surface area contributed by atoms with E-state index in [9.17, 15) is 27.6 Å². The Hall–Kier alpha value is -3.41. The summed E-state index contributed by atoms with van der Waals surface area (Å²) < 4.78 is 33.4. The van der Waals surface area contributed by atoms with E-state index >= 15 is 0 Å². The van der Waals surface area contributed by atoms with Crippen molar-refractivity contribution in [1.82, 2.24) is 14.9 Å². The van der Waals surface area contributed by atoms with Crippen LogP contribution < -0.4 is 14.9 Å². The maximum atomic E-state index is 13.9. The van der Waals surface area contributed by atoms with Crippen molar-refractivity contribution in [2.75, 3.05) is 25.0 Å². The number of hydrogen-bond acceptors (Lipinski definition) is 7. The van der Waals surface area contributed by atoms with Gasteiger partial charge in [-0.2, -0.15) is 0 Å². The molecule has 3 aliphatic carbocycles. The predicted molar refractivity (Wildman–Crippen MR) is 158 cm³/mol. The first-order chi connectivity index (χ1) is 20.6. The van der Waals surface area contributed by atoms with E-state index < -0.39 is 56.7 Å². The molecule has 3 saturated carbocycles. The molecule has 232 valence electrons. The fourth-order valence-electron chi connectivity index (χ4n) is 6.82. The predicted octanol–water partition coefficient (Wildman–Crippen LogP) is 2.65. The smallest absolute Gasteiger partial charge is 0.414 e. The summed E-state index contributed by atoms with van der Waals surface area (Å²) in [5.41, 5.74) is 0.485. The Bertz CT molecular complexity index is 1440. The minimum atomic E-state index is -3.81. The standard InChI is InChI=1S/C31H40N4O7S/c1-34-15-7-3-2-4-11-21-19-31(21,29(38)33-43(40,41)23-13-14-23)32-27(36)24-17-22(18-25(24)28(34)37)42-30(39)35-16-8-10-20-9-5-6-12-26(20)35/h4-6,9,11-12,21-25H,2-3,7-8,10,13-19H2,1H3,(H,32,36)(H,33,38)/t21-,22-,24-,25-,31-/m1/s1. The molecule has 2 aliphatic heterocycles. The molecule has 5 atom stereocenters. The molecule has 0 spiro atoms. The molecule has 2 N–H and O–H groups in total. The van der Waals surface area contributed by atoms with Crippen molar-refractivity contribution < 1.29 is 32.3 Å². The summed E-state index contributed by atoms with van der Waals surface area (Å²) in [6, 6.07) is 7.71. The summed E-state index contributed by atoms with van der Waals surface area (Å²) >= 11 is 0. The molecule has 3 fully saturated rings. The topological polar surface area (TPSA) is 142 Å². The van der Waals surface area contributed by atoms with Gasteiger partial charge in [0, 0.05) is 26.1 Å². The molecule has 1 aromatic rings. The number of nitrogens with zero attached hydrogens (tertiary/aromatic N) is 2. The highest BCUT2D eigenvalue weighted by atomic mass is 32.2. The van der Waals surface area contributed by atoms with Crippen molar-refractivity contribution >= 4 is 39.5 Å². The Kier molecular flexibility index (Phi) is 7.99. The molecule has 4 amide bonds. The fraction of sp³-hybridized carbons (Fsp3) is 0.613. The maximum absolute atomic E-state index is 13.9. The van der Waals surface area contributed by atoms with Gasteiger partial charge in [-0.15, -0.1) is 0 Å². The number of para-hydroxylation sites is 1. The average molecular weight is 613 g/mol. The number of rotatable bonds is 4. The highest BCUT2D eigenvalue weighted by Crippen LogP contribution is 2.47. The van der Waals surface area contributed by atoms with Gasteiger partial charge in [0.05, 0.1) is 22.8 Å². The number of allylic oxidation sites excluding steroid dienone is 1. The molecule has 1 aromatic carbocycles. The molecule has 43 heavy (non-hydrogen) atoms. The second-order valence-corrected chi connectivity index (χ2v) is 14.7. The first-order valence-corrected chi connectivity index (χ1v) is 17.0. The largest absolute Gasteiger partial charge is 0.446 e. The molecule has 0 unspecified atom stereocenters. The van der Waals surface area contributed by atoms with E-state index in [4.69, 9.17) is 4.74 Å². The van der Waals surface area contributed by atoms with Crippen molar-refractivity contribution in [2.45, 2.75) is 81.1 Å². The van der Waals surface area contributed by atoms with E-state index in [1.54, 1.807) is 16.8 Å². The van der Waals surface area contributed by atoms with Crippen LogP contribution in [0, 0.1) is 17.8 Å². The molecule has 0 aromatic heterocycles. The van der Waals surface area contributed by atoms with Crippen LogP contribution in [0.3, 0.4) is 0 Å². The van der Waals surface area contributed by atoms with Gasteiger partial charge in [-0.25, -0.2) is 13.2 Å². The Labute approximate surface area is 252 Å². The summed E-state index contributed by atoms with van der Waals surface area (Å²) in [5, 5.41) is 2.29. The van der Waals surface area contributed by atoms with E-state index in [0.717, 1.165) is 43.4 Å². The Balaban J connectivity index is 1.22. The summed E-state index contributed by atoms with van der Waals surface area (Å²) in [4.78, 5) is 57.5. The number of carbonyl (C=O) groups is 4. The molecule has 0 bridgehead atoms. The number of sulfonamides is 1. The van der Waals surface area contributed by atoms with Crippen molar-refractivity contribution in [1.29, 1.82) is 0 Å². The molecular formula is C31H40N4O7S. The van der Waals surface area contributed by atoms with Crippen molar-refractivity contribution in [2.24, 2.45) is 17.8 Å². The summed E-state index contributed by atoms with van der Waals surface area (Å²) in [5.74, 6) is -3.35. The third kappa shape index (κ3) is 6.03. The number of nitrogens with one attached hydrogen (secondary N) is 2. The summed E-state index contributed by atoms with van der Waals surface area (Å²) in [7, 11) is -2.09. The zero-order chi connectivity index (χ0) is 30.4. The van der Waals surface area contributed by atoms with Crippen LogP contribution >= 0.6 is 0 Å². The van der Waals surface area contributed by atoms with Gasteiger partial charge >= 0.3 is 6.09 Å². The van der Waals surface area contributed by atoms with Gasteiger partial charge in [-0.3, -0.25) is 24.0 Å². The normalized spacial score (nSPS) is 31.2. The van der Waals surface area contributed by atoms with Crippen LogP contribution in [0.2, 0.25) is 0 Å². The van der Waals surface area contributed by atoms with E-state index in [1.807, 2.05) is 36.4 Å². The number of ether oxygens (including phenoxy) is 1. The molecule has 11 nitrogen and oxygen atoms in total. The van der Waals surface area contributed by atoms with Gasteiger partial charge in [0.1, 0.15) is 11.6 Å². The Morgan fingerprint density at radius 1 is 1.05 bits per heavy atom. The number of fused-ring (bicyclic) bond motifs is 3. The fourth-order valence-corrected chi connectivity index (χ4v) is 8.18. The summed E-state index contributed by atoms with van der Waals surface area (Å²) in [6.07, 6.45) is 8.35. The van der Waals surface area contributed by atoms with E-state index in [0.29, 0.717) is 25.9 Å². The monoisotopic (exact) mass is 612 g/mol. The van der Waals surface area contributed by atoms with Crippen LogP contribution in [0.25, 0.3) is 0 Å². The number of hydrogen-bond donors (Lipinski definition) is 2. The number of carbonyl (C=O) groups excluding carboxylic acids is 4. The Morgan fingerprint density at radius 2 is 1.81 bits per heavy atom. The van der Waals surface area contributed by atoms with Gasteiger partial charge in [-0.1, -0.05) is 30.4 Å². The van der Waals surface area contributed by atoms with Gasteiger partial charge in [0.15, 0.2) is 0 Å². The molecule has 12 heteroatoms. The van der Waals surface area contributed by atoms with Gasteiger partial charge in [0.2, 0.25) is 21.8 Å². The maximum Gasteiger partial charge on any atom is 0.414 e. The molecule has 5 aliphatic rings. The third-order valence-corrected chi connectivity index (χ3v) is 11.4. The average Bonchev–Trinajstić information content (AvgIpc) is 3.91. The van der Waals surface area contributed by atoms with Crippen LogP contribution in [0.5, 0.6) is 0 Å². The minimum Gasteiger partial charge on any atom is -0.446 e. The van der Waals surface area contributed by atoms with E-state index in [-0.39, 0.29) is 31.1 Å². The first-order valence-electron chi connectivity index (χ1n) is 15.4. The molecule has 0 saturated heterocycles. The van der Waals surface area contributed by atoms with Crippen molar-refractivity contribution in [3.8, 4) is 0 Å². The third-order valence-electron chi connectivity index (χ3n) is 9.59. The van der Waals surface area contributed by atoms with Crippen LogP contribution in [0.1, 0.15) is 63.4 Å². The van der Waals surface area contributed by atoms with Crippen molar-refractivity contribution in [3.05, 3.63) is 42.0 Å². The molecular weight excluding hydrogens is 572 g/mol. The lowest BCUT2D eigenvalue weighted by Crippen LogP contribution is -2.54. The second-order valence-electron chi connectivity index (χ2n) is 12.7. The van der Waals surface area contributed by atoms with Gasteiger partial charge < -0.3 is 15.0 Å². The van der Waals surface area contributed by atoms with E-state index in [2.05, 4.69) is 10.0 Å². The SMILES string of the molecule is CN1CCCCC=C[C@@H]2C[C@@]2(C(=O)NS(=O)(=O)C2CC2)NC(=O)[C@@H]2C[C@@H](OC(=O)N3CCCc4ccccc43)C[C@H]2C1=O. The first kappa shape index (κ1) is 29.7. The highest BCUT2D eigenvalue weighted by Gasteiger charge is 2.62. The van der Waals surface area contributed by atoms with E-state index in [1.165, 1.54) is 0 Å². The van der Waals surface area contributed by atoms with Crippen LogP contribution in [0.4, 0.5) is 10.5 Å². The Morgan fingerprint density at radius 3 is 2.60 bits per heavy atom. The highest BCUT2D eigenvalue weighted by molar-refractivity contribution is 7.91. The lowest BCUT2D eigenvalue weighted by atomic mass is 9.93. The zero-order valence-electron chi connectivity index (χ0n) is 24.5. The zero-order valence-corrected chi connectivity index (χ0v) is 25.3. The lowest BCUT2D eigenvalue weighted by Gasteiger charge is -2.29. The van der Waals surface area contributed by atoms with Crippen molar-refractivity contribution in [3.63, 3.8) is 0 Å². The van der Waals surface area contributed by atoms with Crippen LogP contribution in [0.15, 0.2) is 36.4 Å². The van der Waals surface area contributed by atoms with Crippen LogP contribution in [-0.2, 0) is 35.6 Å². The number of aryl methyl sites for hydroxylation is 1. The van der Waals surface area contributed by atoms with Crippen LogP contribution in [-0.4, -0.2) is 74.2 Å². The number of benzene rings is 1. The molecule has 6 rings (SSSR count). The molecule has 2 heterocycles. The van der Waals surface area contributed by atoms with Gasteiger partial charge in [0.25, 0.3) is 5.91 Å². The minimum absolute atomic E-state index is 0.135. The molecule has 0 radical (unpaired) electrons. The quantitative estimate of drug-likeness (QED) is 0.498.